The molecule has 0 radical (unpaired) electrons. The van der Waals surface area contributed by atoms with Crippen LogP contribution in [0.1, 0.15) is 29.8 Å². The van der Waals surface area contributed by atoms with Crippen LogP contribution in [0, 0.1) is 26.7 Å². The Balaban J connectivity index is 1.38. The summed E-state index contributed by atoms with van der Waals surface area (Å²) in [5.41, 5.74) is 2.44. The van der Waals surface area contributed by atoms with Crippen molar-refractivity contribution in [3.63, 3.8) is 0 Å². The molecule has 4 heterocycles. The first-order valence-corrected chi connectivity index (χ1v) is 10.8. The van der Waals surface area contributed by atoms with Gasteiger partial charge in [-0.05, 0) is 39.7 Å². The lowest BCUT2D eigenvalue weighted by atomic mass is 9.97. The molecule has 3 aromatic heterocycles. The molecule has 1 amide bonds. The Morgan fingerprint density at radius 2 is 2.00 bits per heavy atom. The third-order valence-electron chi connectivity index (χ3n) is 5.71. The highest BCUT2D eigenvalue weighted by atomic mass is 16.2. The zero-order chi connectivity index (χ0) is 22.7. The number of rotatable bonds is 6. The molecular formula is C22H28N8O2. The SMILES string of the molecule is Cc1cc(C)n(-c2cc(N3CCCC(C(=O)NCCn4cncc(C)c4=O)C3)ncn2)n1. The molecule has 4 rings (SSSR count). The molecule has 1 unspecified atom stereocenters. The van der Waals surface area contributed by atoms with Crippen molar-refractivity contribution in [2.75, 3.05) is 24.5 Å². The fourth-order valence-electron chi connectivity index (χ4n) is 4.05. The lowest BCUT2D eigenvalue weighted by Crippen LogP contribution is -2.44. The first-order chi connectivity index (χ1) is 15.4. The summed E-state index contributed by atoms with van der Waals surface area (Å²) in [6.07, 6.45) is 6.31. The second kappa shape index (κ2) is 9.29. The van der Waals surface area contributed by atoms with Crippen molar-refractivity contribution in [3.8, 4) is 5.82 Å². The van der Waals surface area contributed by atoms with Gasteiger partial charge < -0.3 is 10.2 Å². The number of aryl methyl sites for hydroxylation is 3. The van der Waals surface area contributed by atoms with Crippen molar-refractivity contribution in [3.05, 3.63) is 58.3 Å². The summed E-state index contributed by atoms with van der Waals surface area (Å²) in [7, 11) is 0. The van der Waals surface area contributed by atoms with Gasteiger partial charge in [0.15, 0.2) is 5.82 Å². The van der Waals surface area contributed by atoms with Crippen LogP contribution in [0.2, 0.25) is 0 Å². The number of hydrogen-bond acceptors (Lipinski definition) is 7. The largest absolute Gasteiger partial charge is 0.356 e. The zero-order valence-electron chi connectivity index (χ0n) is 18.7. The third-order valence-corrected chi connectivity index (χ3v) is 5.71. The minimum Gasteiger partial charge on any atom is -0.356 e. The van der Waals surface area contributed by atoms with Crippen LogP contribution in [-0.2, 0) is 11.3 Å². The van der Waals surface area contributed by atoms with Gasteiger partial charge in [0.05, 0.1) is 17.9 Å². The smallest absolute Gasteiger partial charge is 0.256 e. The minimum atomic E-state index is -0.136. The van der Waals surface area contributed by atoms with Gasteiger partial charge in [-0.1, -0.05) is 0 Å². The third kappa shape index (κ3) is 4.68. The molecule has 0 aliphatic carbocycles. The highest BCUT2D eigenvalue weighted by molar-refractivity contribution is 5.79. The Morgan fingerprint density at radius 3 is 2.78 bits per heavy atom. The average Bonchev–Trinajstić information content (AvgIpc) is 3.14. The topological polar surface area (TPSA) is 111 Å². The summed E-state index contributed by atoms with van der Waals surface area (Å²) < 4.78 is 3.32. The molecule has 0 bridgehead atoms. The van der Waals surface area contributed by atoms with Gasteiger partial charge in [0.25, 0.3) is 5.56 Å². The Morgan fingerprint density at radius 1 is 1.19 bits per heavy atom. The van der Waals surface area contributed by atoms with E-state index in [1.165, 1.54) is 10.9 Å². The Kier molecular flexibility index (Phi) is 6.29. The molecule has 0 spiro atoms. The molecule has 3 aromatic rings. The maximum atomic E-state index is 12.8. The van der Waals surface area contributed by atoms with Crippen LogP contribution >= 0.6 is 0 Å². The molecule has 1 aliphatic rings. The highest BCUT2D eigenvalue weighted by Crippen LogP contribution is 2.23. The lowest BCUT2D eigenvalue weighted by molar-refractivity contribution is -0.125. The first-order valence-electron chi connectivity index (χ1n) is 10.8. The van der Waals surface area contributed by atoms with Crippen molar-refractivity contribution in [2.24, 2.45) is 5.92 Å². The molecule has 1 aliphatic heterocycles. The predicted octanol–water partition coefficient (Wildman–Crippen LogP) is 1.18. The summed E-state index contributed by atoms with van der Waals surface area (Å²) >= 11 is 0. The van der Waals surface area contributed by atoms with Crippen LogP contribution in [0.5, 0.6) is 0 Å². The zero-order valence-corrected chi connectivity index (χ0v) is 18.7. The first kappa shape index (κ1) is 21.7. The van der Waals surface area contributed by atoms with Gasteiger partial charge in [-0.15, -0.1) is 0 Å². The van der Waals surface area contributed by atoms with Crippen LogP contribution in [0.15, 0.2) is 35.8 Å². The number of carbonyl (C=O) groups is 1. The fraction of sp³-hybridized carbons (Fsp3) is 0.455. The molecule has 1 fully saturated rings. The second-order valence-electron chi connectivity index (χ2n) is 8.22. The van der Waals surface area contributed by atoms with Gasteiger partial charge >= 0.3 is 0 Å². The van der Waals surface area contributed by atoms with Gasteiger partial charge in [-0.2, -0.15) is 5.10 Å². The van der Waals surface area contributed by atoms with E-state index in [1.54, 1.807) is 24.1 Å². The molecule has 1 N–H and O–H groups in total. The second-order valence-corrected chi connectivity index (χ2v) is 8.22. The maximum Gasteiger partial charge on any atom is 0.256 e. The van der Waals surface area contributed by atoms with E-state index in [9.17, 15) is 9.59 Å². The number of nitrogens with one attached hydrogen (secondary N) is 1. The summed E-state index contributed by atoms with van der Waals surface area (Å²) in [6, 6.07) is 3.92. The monoisotopic (exact) mass is 436 g/mol. The standard InChI is InChI=1S/C22H28N8O2/c1-15-11-23-14-29(22(15)32)8-6-24-21(31)18-5-4-7-28(12-18)19-10-20(26-13-25-19)30-17(3)9-16(2)27-30/h9-11,13-14,18H,4-8,12H2,1-3H3,(H,24,31). The number of hydrogen-bond donors (Lipinski definition) is 1. The van der Waals surface area contributed by atoms with E-state index < -0.39 is 0 Å². The molecule has 32 heavy (non-hydrogen) atoms. The van der Waals surface area contributed by atoms with Crippen LogP contribution in [0.3, 0.4) is 0 Å². The number of amides is 1. The van der Waals surface area contributed by atoms with E-state index >= 15 is 0 Å². The Labute approximate surface area is 186 Å². The number of carbonyl (C=O) groups excluding carboxylic acids is 1. The summed E-state index contributed by atoms with van der Waals surface area (Å²) in [4.78, 5) is 39.8. The predicted molar refractivity (Wildman–Crippen MR) is 120 cm³/mol. The molecule has 10 nitrogen and oxygen atoms in total. The van der Waals surface area contributed by atoms with Crippen LogP contribution in [-0.4, -0.2) is 54.8 Å². The molecule has 1 atom stereocenters. The highest BCUT2D eigenvalue weighted by Gasteiger charge is 2.26. The van der Waals surface area contributed by atoms with Crippen LogP contribution in [0.25, 0.3) is 5.82 Å². The molecule has 1 saturated heterocycles. The number of nitrogens with zero attached hydrogens (tertiary/aromatic N) is 7. The number of anilines is 1. The van der Waals surface area contributed by atoms with Crippen LogP contribution in [0.4, 0.5) is 5.82 Å². The van der Waals surface area contributed by atoms with E-state index in [4.69, 9.17) is 0 Å². The van der Waals surface area contributed by atoms with E-state index in [0.29, 0.717) is 31.0 Å². The van der Waals surface area contributed by atoms with Crippen molar-refractivity contribution >= 4 is 11.7 Å². The van der Waals surface area contributed by atoms with Gasteiger partial charge in [-0.3, -0.25) is 14.2 Å². The van der Waals surface area contributed by atoms with E-state index in [2.05, 4.69) is 30.3 Å². The normalized spacial score (nSPS) is 16.2. The molecule has 0 saturated carbocycles. The molecular weight excluding hydrogens is 408 g/mol. The average molecular weight is 437 g/mol. The van der Waals surface area contributed by atoms with Gasteiger partial charge in [0.1, 0.15) is 12.1 Å². The summed E-state index contributed by atoms with van der Waals surface area (Å²) in [5, 5.41) is 7.46. The fourth-order valence-corrected chi connectivity index (χ4v) is 4.05. The van der Waals surface area contributed by atoms with Gasteiger partial charge in [0.2, 0.25) is 5.91 Å². The van der Waals surface area contributed by atoms with Crippen molar-refractivity contribution < 1.29 is 4.79 Å². The van der Waals surface area contributed by atoms with Crippen molar-refractivity contribution in [1.29, 1.82) is 0 Å². The van der Waals surface area contributed by atoms with Gasteiger partial charge in [-0.25, -0.2) is 19.6 Å². The molecule has 0 aromatic carbocycles. The minimum absolute atomic E-state index is 0.00353. The van der Waals surface area contributed by atoms with Crippen molar-refractivity contribution in [1.82, 2.24) is 34.6 Å². The lowest BCUT2D eigenvalue weighted by Gasteiger charge is -2.33. The quantitative estimate of drug-likeness (QED) is 0.618. The molecule has 10 heteroatoms. The maximum absolute atomic E-state index is 12.8. The van der Waals surface area contributed by atoms with E-state index in [1.807, 2.05) is 26.0 Å². The number of piperidine rings is 1. The van der Waals surface area contributed by atoms with Gasteiger partial charge in [0, 0.05) is 49.7 Å². The van der Waals surface area contributed by atoms with Crippen LogP contribution < -0.4 is 15.8 Å². The van der Waals surface area contributed by atoms with Crippen molar-refractivity contribution in [2.45, 2.75) is 40.2 Å². The summed E-state index contributed by atoms with van der Waals surface area (Å²) in [6.45, 7) is 7.88. The Bertz CT molecular complexity index is 1170. The van der Waals surface area contributed by atoms with E-state index in [0.717, 1.165) is 36.6 Å². The Hall–Kier alpha value is -3.56. The summed E-state index contributed by atoms with van der Waals surface area (Å²) in [5.74, 6) is 1.36. The molecule has 168 valence electrons. The number of aromatic nitrogens is 6. The van der Waals surface area contributed by atoms with E-state index in [-0.39, 0.29) is 17.4 Å².